The number of nitrogens with zero attached hydrogens (tertiary/aromatic N) is 2. The van der Waals surface area contributed by atoms with E-state index in [1.807, 2.05) is 0 Å². The van der Waals surface area contributed by atoms with Crippen molar-refractivity contribution < 1.29 is 0 Å². The van der Waals surface area contributed by atoms with E-state index in [4.69, 9.17) is 0 Å². The number of likely N-dealkylation sites (tertiary alicyclic amines) is 2. The van der Waals surface area contributed by atoms with E-state index in [2.05, 4.69) is 61.8 Å². The second-order valence-corrected chi connectivity index (χ2v) is 7.83. The van der Waals surface area contributed by atoms with E-state index in [0.717, 1.165) is 12.0 Å². The van der Waals surface area contributed by atoms with Crippen molar-refractivity contribution in [1.82, 2.24) is 9.80 Å². The molecule has 2 aliphatic heterocycles. The van der Waals surface area contributed by atoms with Crippen molar-refractivity contribution in [2.24, 2.45) is 0 Å². The molecular weight excluding hydrogens is 268 g/mol. The summed E-state index contributed by atoms with van der Waals surface area (Å²) in [5.41, 5.74) is 3.02. The molecular formula is C20H32N2. The highest BCUT2D eigenvalue weighted by Gasteiger charge is 2.34. The molecule has 2 heteroatoms. The van der Waals surface area contributed by atoms with Crippen LogP contribution in [0.1, 0.15) is 63.5 Å². The van der Waals surface area contributed by atoms with Gasteiger partial charge in [-0.2, -0.15) is 0 Å². The summed E-state index contributed by atoms with van der Waals surface area (Å²) in [7, 11) is 0. The van der Waals surface area contributed by atoms with E-state index >= 15 is 0 Å². The first-order chi connectivity index (χ1) is 10.5. The van der Waals surface area contributed by atoms with E-state index in [1.54, 1.807) is 5.56 Å². The SMILES string of the molecule is CC(C)c1ccc(C2CCN(C3CN(C(C)C)C3)CC2)cc1. The number of benzene rings is 1. The fourth-order valence-corrected chi connectivity index (χ4v) is 3.89. The molecule has 22 heavy (non-hydrogen) atoms. The van der Waals surface area contributed by atoms with Crippen LogP contribution in [-0.2, 0) is 0 Å². The van der Waals surface area contributed by atoms with Gasteiger partial charge in [-0.3, -0.25) is 9.80 Å². The van der Waals surface area contributed by atoms with Crippen LogP contribution >= 0.6 is 0 Å². The van der Waals surface area contributed by atoms with Gasteiger partial charge in [-0.05, 0) is 62.7 Å². The lowest BCUT2D eigenvalue weighted by atomic mass is 9.87. The van der Waals surface area contributed by atoms with Gasteiger partial charge in [0.2, 0.25) is 0 Å². The largest absolute Gasteiger partial charge is 0.298 e. The summed E-state index contributed by atoms with van der Waals surface area (Å²) < 4.78 is 0. The Bertz CT molecular complexity index is 463. The molecule has 0 unspecified atom stereocenters. The predicted octanol–water partition coefficient (Wildman–Crippen LogP) is 4.08. The standard InChI is InChI=1S/C20H32N2/c1-15(2)17-5-7-18(8-6-17)19-9-11-21(12-10-19)20-13-22(14-20)16(3)4/h5-8,15-16,19-20H,9-14H2,1-4H3. The van der Waals surface area contributed by atoms with E-state index < -0.39 is 0 Å². The van der Waals surface area contributed by atoms with Crippen LogP contribution in [0, 0.1) is 0 Å². The molecule has 1 aromatic carbocycles. The van der Waals surface area contributed by atoms with Crippen LogP contribution in [0.4, 0.5) is 0 Å². The Kier molecular flexibility index (Phi) is 4.89. The highest BCUT2D eigenvalue weighted by Crippen LogP contribution is 2.31. The second kappa shape index (κ2) is 6.72. The summed E-state index contributed by atoms with van der Waals surface area (Å²) in [4.78, 5) is 5.32. The average molecular weight is 300 g/mol. The molecule has 2 fully saturated rings. The molecule has 2 heterocycles. The number of hydrogen-bond donors (Lipinski definition) is 0. The Morgan fingerprint density at radius 2 is 1.50 bits per heavy atom. The summed E-state index contributed by atoms with van der Waals surface area (Å²) in [6.45, 7) is 14.3. The topological polar surface area (TPSA) is 6.48 Å². The van der Waals surface area contributed by atoms with Gasteiger partial charge in [-0.25, -0.2) is 0 Å². The van der Waals surface area contributed by atoms with Crippen molar-refractivity contribution in [3.05, 3.63) is 35.4 Å². The molecule has 3 rings (SSSR count). The van der Waals surface area contributed by atoms with Crippen molar-refractivity contribution >= 4 is 0 Å². The average Bonchev–Trinajstić information content (AvgIpc) is 2.46. The Labute approximate surface area is 136 Å². The third kappa shape index (κ3) is 3.38. The van der Waals surface area contributed by atoms with Crippen molar-refractivity contribution in [1.29, 1.82) is 0 Å². The molecule has 2 aliphatic rings. The Morgan fingerprint density at radius 1 is 0.909 bits per heavy atom. The fourth-order valence-electron chi connectivity index (χ4n) is 3.89. The number of hydrogen-bond acceptors (Lipinski definition) is 2. The number of piperidine rings is 1. The smallest absolute Gasteiger partial charge is 0.0350 e. The molecule has 0 bridgehead atoms. The van der Waals surface area contributed by atoms with E-state index in [0.29, 0.717) is 12.0 Å². The van der Waals surface area contributed by atoms with E-state index in [1.165, 1.54) is 44.6 Å². The molecule has 0 atom stereocenters. The second-order valence-electron chi connectivity index (χ2n) is 7.83. The van der Waals surface area contributed by atoms with Crippen LogP contribution < -0.4 is 0 Å². The van der Waals surface area contributed by atoms with E-state index in [-0.39, 0.29) is 0 Å². The van der Waals surface area contributed by atoms with Crippen molar-refractivity contribution in [2.45, 2.75) is 64.5 Å². The lowest BCUT2D eigenvalue weighted by Gasteiger charge is -2.49. The minimum atomic E-state index is 0.637. The van der Waals surface area contributed by atoms with Gasteiger partial charge in [0, 0.05) is 25.2 Å². The molecule has 122 valence electrons. The highest BCUT2D eigenvalue weighted by molar-refractivity contribution is 5.27. The first kappa shape index (κ1) is 16.0. The zero-order chi connectivity index (χ0) is 15.7. The normalized spacial score (nSPS) is 22.5. The molecule has 0 aliphatic carbocycles. The minimum absolute atomic E-state index is 0.637. The van der Waals surface area contributed by atoms with Gasteiger partial charge < -0.3 is 0 Å². The van der Waals surface area contributed by atoms with Crippen LogP contribution in [0.5, 0.6) is 0 Å². The molecule has 2 saturated heterocycles. The third-order valence-corrected chi connectivity index (χ3v) is 5.74. The molecule has 1 aromatic rings. The molecule has 0 radical (unpaired) electrons. The Morgan fingerprint density at radius 3 is 2.00 bits per heavy atom. The van der Waals surface area contributed by atoms with Gasteiger partial charge in [0.1, 0.15) is 0 Å². The molecule has 0 amide bonds. The molecule has 2 nitrogen and oxygen atoms in total. The van der Waals surface area contributed by atoms with Gasteiger partial charge in [-0.1, -0.05) is 38.1 Å². The van der Waals surface area contributed by atoms with Gasteiger partial charge in [0.05, 0.1) is 0 Å². The molecule has 0 saturated carbocycles. The maximum absolute atomic E-state index is 2.73. The Balaban J connectivity index is 1.49. The van der Waals surface area contributed by atoms with Gasteiger partial charge in [0.15, 0.2) is 0 Å². The maximum Gasteiger partial charge on any atom is 0.0350 e. The first-order valence-electron chi connectivity index (χ1n) is 9.12. The summed E-state index contributed by atoms with van der Waals surface area (Å²) in [5, 5.41) is 0. The summed E-state index contributed by atoms with van der Waals surface area (Å²) in [5.74, 6) is 1.41. The van der Waals surface area contributed by atoms with E-state index in [9.17, 15) is 0 Å². The molecule has 0 spiro atoms. The summed E-state index contributed by atoms with van der Waals surface area (Å²) >= 11 is 0. The maximum atomic E-state index is 2.73. The zero-order valence-electron chi connectivity index (χ0n) is 14.8. The van der Waals surface area contributed by atoms with Crippen LogP contribution in [-0.4, -0.2) is 48.1 Å². The molecule has 0 N–H and O–H groups in total. The first-order valence-corrected chi connectivity index (χ1v) is 9.12. The highest BCUT2D eigenvalue weighted by atomic mass is 15.3. The van der Waals surface area contributed by atoms with Gasteiger partial charge in [-0.15, -0.1) is 0 Å². The van der Waals surface area contributed by atoms with Gasteiger partial charge in [0.25, 0.3) is 0 Å². The van der Waals surface area contributed by atoms with Crippen molar-refractivity contribution in [3.63, 3.8) is 0 Å². The van der Waals surface area contributed by atoms with Gasteiger partial charge >= 0.3 is 0 Å². The van der Waals surface area contributed by atoms with Crippen LogP contribution in [0.2, 0.25) is 0 Å². The van der Waals surface area contributed by atoms with Crippen LogP contribution in [0.25, 0.3) is 0 Å². The fraction of sp³-hybridized carbons (Fsp3) is 0.700. The lowest BCUT2D eigenvalue weighted by molar-refractivity contribution is 0.00272. The van der Waals surface area contributed by atoms with Crippen molar-refractivity contribution in [2.75, 3.05) is 26.2 Å². The summed E-state index contributed by atoms with van der Waals surface area (Å²) in [6.07, 6.45) is 2.67. The summed E-state index contributed by atoms with van der Waals surface area (Å²) in [6, 6.07) is 11.0. The predicted molar refractivity (Wildman–Crippen MR) is 94.6 cm³/mol. The number of rotatable bonds is 4. The van der Waals surface area contributed by atoms with Crippen LogP contribution in [0.15, 0.2) is 24.3 Å². The van der Waals surface area contributed by atoms with Crippen molar-refractivity contribution in [3.8, 4) is 0 Å². The lowest BCUT2D eigenvalue weighted by Crippen LogP contribution is -2.62. The minimum Gasteiger partial charge on any atom is -0.298 e. The van der Waals surface area contributed by atoms with Crippen LogP contribution in [0.3, 0.4) is 0 Å². The third-order valence-electron chi connectivity index (χ3n) is 5.74. The quantitative estimate of drug-likeness (QED) is 0.826. The molecule has 0 aromatic heterocycles. The Hall–Kier alpha value is -0.860. The monoisotopic (exact) mass is 300 g/mol. The zero-order valence-corrected chi connectivity index (χ0v) is 14.8.